The van der Waals surface area contributed by atoms with Crippen molar-refractivity contribution in [3.63, 3.8) is 0 Å². The lowest BCUT2D eigenvalue weighted by Gasteiger charge is -2.24. The van der Waals surface area contributed by atoms with Crippen LogP contribution in [-0.2, 0) is 4.74 Å². The Kier molecular flexibility index (Phi) is 14.1. The van der Waals surface area contributed by atoms with Crippen molar-refractivity contribution in [2.24, 2.45) is 0 Å². The van der Waals surface area contributed by atoms with E-state index < -0.39 is 5.60 Å². The Morgan fingerprint density at radius 2 is 1.05 bits per heavy atom. The van der Waals surface area contributed by atoms with E-state index >= 15 is 0 Å². The molecule has 3 saturated heterocycles. The van der Waals surface area contributed by atoms with Crippen LogP contribution in [0.3, 0.4) is 0 Å². The molecular weight excluding hydrogens is 799 g/mol. The van der Waals surface area contributed by atoms with E-state index in [9.17, 15) is 15.0 Å². The number of hydrogen-bond acceptors (Lipinski definition) is 17. The normalized spacial score (nSPS) is 18.6. The number of nitrogens with one attached hydrogen (secondary N) is 2. The first-order chi connectivity index (χ1) is 29.3. The van der Waals surface area contributed by atoms with E-state index in [1.165, 1.54) is 9.42 Å². The molecule has 21 heteroatoms. The Labute approximate surface area is 360 Å². The number of aliphatic hydroxyl groups excluding tert-OH is 1. The van der Waals surface area contributed by atoms with Crippen LogP contribution in [0.5, 0.6) is 17.2 Å². The van der Waals surface area contributed by atoms with Gasteiger partial charge in [-0.05, 0) is 115 Å². The molecule has 9 heterocycles. The number of aromatic nitrogens is 12. The van der Waals surface area contributed by atoms with E-state index in [1.54, 1.807) is 29.8 Å². The Morgan fingerprint density at radius 3 is 1.42 bits per heavy atom. The zero-order valence-electron chi connectivity index (χ0n) is 37.9. The van der Waals surface area contributed by atoms with Crippen molar-refractivity contribution >= 4 is 23.4 Å². The number of amides is 1. The SMILES string of the molecule is CC(C)(C)OC(=O)N1CC[C@H](O)C1.Cc1nc2nc(C)c(O)c(C)n2n1.Cc1nc2nc(C)c(O[C@@H]3CCNC3)c(C)n2n1.Cc1nc2nc(C)c(O[C@@H]3CCNC3)c(C)n2n1. The van der Waals surface area contributed by atoms with Crippen LogP contribution in [0.25, 0.3) is 17.3 Å². The number of nitrogens with zero attached hydrogens (tertiary/aromatic N) is 13. The number of likely N-dealkylation sites (tertiary alicyclic amines) is 1. The van der Waals surface area contributed by atoms with Crippen LogP contribution in [0.4, 0.5) is 4.79 Å². The predicted octanol–water partition coefficient (Wildman–Crippen LogP) is 3.32. The number of carbonyl (C=O) groups is 1. The maximum atomic E-state index is 11.4. The van der Waals surface area contributed by atoms with Gasteiger partial charge in [0.15, 0.2) is 17.2 Å². The van der Waals surface area contributed by atoms with Crippen LogP contribution in [-0.4, -0.2) is 143 Å². The molecule has 0 aromatic carbocycles. The molecule has 0 bridgehead atoms. The Hall–Kier alpha value is -5.80. The standard InChI is InChI=1S/2C12H17N5O.C9H17NO3.C8H10N4O/c2*1-7-11(18-10-4-5-13-6-10)8(2)17-12(14-7)15-9(3)16-17;1-9(2,3)13-8(12)10-5-4-7(11)6-10;1-4-7(13)5(2)12-8(9-4)10-6(3)11-12/h2*10,13H,4-6H2,1-3H3;7,11H,4-6H2,1-3H3;13H,1-3H3/t2*10-;7-;/m110./s1. The molecule has 0 aliphatic carbocycles. The van der Waals surface area contributed by atoms with Gasteiger partial charge in [-0.2, -0.15) is 28.5 Å². The highest BCUT2D eigenvalue weighted by Gasteiger charge is 2.28. The van der Waals surface area contributed by atoms with E-state index in [4.69, 9.17) is 14.2 Å². The van der Waals surface area contributed by atoms with Gasteiger partial charge in [0.05, 0.1) is 40.3 Å². The second-order valence-electron chi connectivity index (χ2n) is 16.8. The van der Waals surface area contributed by atoms with Crippen molar-refractivity contribution in [2.45, 2.75) is 126 Å². The largest absolute Gasteiger partial charge is 0.504 e. The van der Waals surface area contributed by atoms with Crippen LogP contribution in [0.1, 0.15) is 91.7 Å². The van der Waals surface area contributed by atoms with Crippen LogP contribution in [0.2, 0.25) is 0 Å². The summed E-state index contributed by atoms with van der Waals surface area (Å²) in [6, 6.07) is 0. The lowest BCUT2D eigenvalue weighted by atomic mass is 10.2. The minimum absolute atomic E-state index is 0.178. The van der Waals surface area contributed by atoms with Gasteiger partial charge in [-0.25, -0.2) is 19.7 Å². The zero-order valence-corrected chi connectivity index (χ0v) is 37.9. The second-order valence-corrected chi connectivity index (χ2v) is 16.8. The Balaban J connectivity index is 0.000000140. The molecular formula is C41H61N15O6. The van der Waals surface area contributed by atoms with Crippen LogP contribution in [0.15, 0.2) is 0 Å². The minimum Gasteiger partial charge on any atom is -0.504 e. The summed E-state index contributed by atoms with van der Waals surface area (Å²) in [6.07, 6.45) is 2.47. The number of aromatic hydroxyl groups is 1. The van der Waals surface area contributed by atoms with Crippen molar-refractivity contribution in [1.82, 2.24) is 74.3 Å². The number of carbonyl (C=O) groups excluding carboxylic acids is 1. The van der Waals surface area contributed by atoms with Crippen molar-refractivity contribution in [2.75, 3.05) is 39.3 Å². The minimum atomic E-state index is -0.454. The molecule has 0 saturated carbocycles. The quantitative estimate of drug-likeness (QED) is 0.199. The van der Waals surface area contributed by atoms with E-state index in [0.29, 0.717) is 54.1 Å². The number of aliphatic hydroxyl groups is 1. The van der Waals surface area contributed by atoms with Gasteiger partial charge < -0.3 is 40.0 Å². The van der Waals surface area contributed by atoms with Gasteiger partial charge in [0, 0.05) is 26.2 Å². The van der Waals surface area contributed by atoms with Crippen molar-refractivity contribution in [3.8, 4) is 17.2 Å². The van der Waals surface area contributed by atoms with E-state index in [0.717, 1.165) is 84.9 Å². The average molecular weight is 860 g/mol. The molecule has 0 spiro atoms. The monoisotopic (exact) mass is 859 g/mol. The first-order valence-electron chi connectivity index (χ1n) is 21.0. The lowest BCUT2D eigenvalue weighted by molar-refractivity contribution is 0.0270. The number of β-amino-alcohol motifs (C(OH)–C–C–N with tert-alkyl or cyclic N) is 1. The van der Waals surface area contributed by atoms with Gasteiger partial charge in [-0.15, -0.1) is 15.3 Å². The molecule has 4 N–H and O–H groups in total. The highest BCUT2D eigenvalue weighted by molar-refractivity contribution is 5.68. The molecule has 0 radical (unpaired) electrons. The summed E-state index contributed by atoms with van der Waals surface area (Å²) in [5.74, 6) is 5.76. The lowest BCUT2D eigenvalue weighted by Crippen LogP contribution is -2.35. The number of fused-ring (bicyclic) bond motifs is 3. The number of ether oxygens (including phenoxy) is 3. The molecule has 3 atom stereocenters. The number of hydrogen-bond donors (Lipinski definition) is 4. The molecule has 3 aliphatic heterocycles. The van der Waals surface area contributed by atoms with Crippen molar-refractivity contribution < 1.29 is 29.2 Å². The van der Waals surface area contributed by atoms with Crippen molar-refractivity contribution in [3.05, 3.63) is 51.6 Å². The molecule has 6 aromatic rings. The number of aryl methyl sites for hydroxylation is 9. The predicted molar refractivity (Wildman–Crippen MR) is 229 cm³/mol. The fourth-order valence-electron chi connectivity index (χ4n) is 7.15. The Bertz CT molecular complexity index is 2410. The first-order valence-corrected chi connectivity index (χ1v) is 21.0. The maximum Gasteiger partial charge on any atom is 0.410 e. The van der Waals surface area contributed by atoms with Gasteiger partial charge in [-0.1, -0.05) is 0 Å². The third-order valence-corrected chi connectivity index (χ3v) is 10.3. The number of rotatable bonds is 4. The van der Waals surface area contributed by atoms with Crippen LogP contribution in [0, 0.1) is 62.3 Å². The van der Waals surface area contributed by atoms with Gasteiger partial charge in [0.25, 0.3) is 17.3 Å². The maximum absolute atomic E-state index is 11.4. The molecule has 6 aromatic heterocycles. The van der Waals surface area contributed by atoms with E-state index in [1.807, 2.05) is 62.3 Å². The molecule has 336 valence electrons. The molecule has 3 fully saturated rings. The first kappa shape index (κ1) is 45.7. The van der Waals surface area contributed by atoms with Gasteiger partial charge in [0.2, 0.25) is 0 Å². The average Bonchev–Trinajstić information content (AvgIpc) is 4.06. The molecule has 21 nitrogen and oxygen atoms in total. The van der Waals surface area contributed by atoms with Gasteiger partial charge >= 0.3 is 6.09 Å². The molecule has 1 amide bonds. The highest BCUT2D eigenvalue weighted by atomic mass is 16.6. The highest BCUT2D eigenvalue weighted by Crippen LogP contribution is 2.26. The fourth-order valence-corrected chi connectivity index (χ4v) is 7.15. The van der Waals surface area contributed by atoms with E-state index in [2.05, 4.69) is 55.8 Å². The zero-order chi connectivity index (χ0) is 45.0. The third-order valence-electron chi connectivity index (χ3n) is 10.3. The van der Waals surface area contributed by atoms with E-state index in [-0.39, 0.29) is 30.2 Å². The molecule has 0 unspecified atom stereocenters. The topological polar surface area (TPSA) is 242 Å². The fraction of sp³-hybridized carbons (Fsp3) is 0.610. The molecule has 3 aliphatic rings. The third kappa shape index (κ3) is 11.0. The molecule has 9 rings (SSSR count). The smallest absolute Gasteiger partial charge is 0.410 e. The van der Waals surface area contributed by atoms with Crippen LogP contribution < -0.4 is 20.1 Å². The van der Waals surface area contributed by atoms with Gasteiger partial charge in [-0.3, -0.25) is 0 Å². The summed E-state index contributed by atoms with van der Waals surface area (Å²) in [6.45, 7) is 27.2. The summed E-state index contributed by atoms with van der Waals surface area (Å²) >= 11 is 0. The van der Waals surface area contributed by atoms with Gasteiger partial charge in [0.1, 0.15) is 35.3 Å². The van der Waals surface area contributed by atoms with Crippen LogP contribution >= 0.6 is 0 Å². The second kappa shape index (κ2) is 19.1. The summed E-state index contributed by atoms with van der Waals surface area (Å²) < 4.78 is 22.3. The summed E-state index contributed by atoms with van der Waals surface area (Å²) in [5, 5.41) is 38.1. The summed E-state index contributed by atoms with van der Waals surface area (Å²) in [5.41, 5.74) is 4.47. The van der Waals surface area contributed by atoms with Crippen molar-refractivity contribution in [1.29, 1.82) is 0 Å². The molecule has 62 heavy (non-hydrogen) atoms. The summed E-state index contributed by atoms with van der Waals surface area (Å²) in [4.78, 5) is 38.6. The Morgan fingerprint density at radius 1 is 0.629 bits per heavy atom. The summed E-state index contributed by atoms with van der Waals surface area (Å²) in [7, 11) is 0.